The molecule has 25 heavy (non-hydrogen) atoms. The number of hydrogen-bond donors (Lipinski definition) is 0. The molecule has 0 saturated carbocycles. The summed E-state index contributed by atoms with van der Waals surface area (Å²) in [6.45, 7) is 18.8. The number of hydrogen-bond acceptors (Lipinski definition) is 3. The van der Waals surface area contributed by atoms with Crippen LogP contribution in [0.3, 0.4) is 0 Å². The fourth-order valence-electron chi connectivity index (χ4n) is 4.25. The van der Waals surface area contributed by atoms with Crippen LogP contribution >= 0.6 is 0 Å². The van der Waals surface area contributed by atoms with E-state index in [0.29, 0.717) is 6.42 Å². The van der Waals surface area contributed by atoms with E-state index in [1.165, 1.54) is 0 Å². The topological polar surface area (TPSA) is 43.4 Å². The van der Waals surface area contributed by atoms with Crippen LogP contribution in [0.4, 0.5) is 13.2 Å². The molecule has 0 aliphatic rings. The van der Waals surface area contributed by atoms with Crippen LogP contribution in [0.25, 0.3) is 0 Å². The van der Waals surface area contributed by atoms with Gasteiger partial charge in [0.1, 0.15) is 0 Å². The monoisotopic (exact) mass is 404 g/mol. The van der Waals surface area contributed by atoms with Crippen molar-refractivity contribution < 1.29 is 25.5 Å². The third kappa shape index (κ3) is 4.26. The molecule has 152 valence electrons. The highest BCUT2D eigenvalue weighted by Gasteiger charge is 2.68. The van der Waals surface area contributed by atoms with Crippen molar-refractivity contribution in [3.05, 3.63) is 0 Å². The van der Waals surface area contributed by atoms with E-state index >= 15 is 0 Å². The van der Waals surface area contributed by atoms with Gasteiger partial charge in [0.15, 0.2) is 0 Å². The second-order valence-electron chi connectivity index (χ2n) is 9.38. The SMILES string of the molecule is CCCC(C)(C)[Si](OS(=O)(=O)C(F)(F)F)(C(C)C)C(C)(C)C(C)(C)C. The van der Waals surface area contributed by atoms with Crippen molar-refractivity contribution in [3.63, 3.8) is 0 Å². The average molecular weight is 405 g/mol. The van der Waals surface area contributed by atoms with E-state index in [-0.39, 0.29) is 5.54 Å². The van der Waals surface area contributed by atoms with Gasteiger partial charge in [0.2, 0.25) is 8.32 Å². The van der Waals surface area contributed by atoms with Crippen LogP contribution in [0.15, 0.2) is 0 Å². The Hall–Kier alpha value is -0.0831. The van der Waals surface area contributed by atoms with Gasteiger partial charge in [0.05, 0.1) is 0 Å². The summed E-state index contributed by atoms with van der Waals surface area (Å²) in [5.41, 5.74) is -6.17. The van der Waals surface area contributed by atoms with Gasteiger partial charge in [0.25, 0.3) is 0 Å². The summed E-state index contributed by atoms with van der Waals surface area (Å²) >= 11 is 0. The minimum absolute atomic E-state index is 0.319. The molecule has 0 amide bonds. The highest BCUT2D eigenvalue weighted by molar-refractivity contribution is 7.88. The van der Waals surface area contributed by atoms with Crippen LogP contribution in [0, 0.1) is 5.41 Å². The highest BCUT2D eigenvalue weighted by atomic mass is 32.2. The average Bonchev–Trinajstić information content (AvgIpc) is 2.31. The van der Waals surface area contributed by atoms with Crippen LogP contribution in [0.2, 0.25) is 15.6 Å². The van der Waals surface area contributed by atoms with E-state index in [2.05, 4.69) is 0 Å². The molecule has 0 bridgehead atoms. The zero-order valence-corrected chi connectivity index (χ0v) is 19.1. The minimum Gasteiger partial charge on any atom is -0.306 e. The predicted molar refractivity (Wildman–Crippen MR) is 99.4 cm³/mol. The van der Waals surface area contributed by atoms with E-state index in [9.17, 15) is 21.6 Å². The molecule has 8 heteroatoms. The van der Waals surface area contributed by atoms with Gasteiger partial charge in [-0.1, -0.05) is 75.7 Å². The third-order valence-electron chi connectivity index (χ3n) is 6.02. The highest BCUT2D eigenvalue weighted by Crippen LogP contribution is 2.66. The summed E-state index contributed by atoms with van der Waals surface area (Å²) in [4.78, 5) is 0. The lowest BCUT2D eigenvalue weighted by molar-refractivity contribution is -0.0510. The van der Waals surface area contributed by atoms with Crippen molar-refractivity contribution in [2.75, 3.05) is 0 Å². The zero-order valence-electron chi connectivity index (χ0n) is 17.3. The quantitative estimate of drug-likeness (QED) is 0.354. The summed E-state index contributed by atoms with van der Waals surface area (Å²) in [6, 6.07) is 0. The summed E-state index contributed by atoms with van der Waals surface area (Å²) in [6.07, 6.45) is 1.34. The molecule has 0 aromatic rings. The van der Waals surface area contributed by atoms with Gasteiger partial charge >= 0.3 is 15.6 Å². The summed E-state index contributed by atoms with van der Waals surface area (Å²) in [5, 5.41) is -1.39. The maximum absolute atomic E-state index is 13.2. The first-order chi connectivity index (χ1) is 10.7. The summed E-state index contributed by atoms with van der Waals surface area (Å²) < 4.78 is 69.1. The molecule has 0 aromatic carbocycles. The third-order valence-corrected chi connectivity index (χ3v) is 15.0. The van der Waals surface area contributed by atoms with E-state index < -0.39 is 39.4 Å². The molecule has 1 unspecified atom stereocenters. The molecule has 3 nitrogen and oxygen atoms in total. The number of halogens is 3. The molecule has 0 saturated heterocycles. The lowest BCUT2D eigenvalue weighted by Gasteiger charge is -2.59. The van der Waals surface area contributed by atoms with Gasteiger partial charge in [-0.3, -0.25) is 0 Å². The van der Waals surface area contributed by atoms with Crippen molar-refractivity contribution in [3.8, 4) is 0 Å². The van der Waals surface area contributed by atoms with Gasteiger partial charge in [-0.25, -0.2) is 0 Å². The first kappa shape index (κ1) is 24.9. The molecule has 0 aliphatic heterocycles. The maximum atomic E-state index is 13.2. The molecule has 0 fully saturated rings. The summed E-state index contributed by atoms with van der Waals surface area (Å²) in [7, 11) is -9.22. The van der Waals surface area contributed by atoms with Crippen molar-refractivity contribution in [1.82, 2.24) is 0 Å². The first-order valence-electron chi connectivity index (χ1n) is 8.73. The predicted octanol–water partition coefficient (Wildman–Crippen LogP) is 6.61. The summed E-state index contributed by atoms with van der Waals surface area (Å²) in [5.74, 6) is 0. The maximum Gasteiger partial charge on any atom is 0.522 e. The van der Waals surface area contributed by atoms with Crippen molar-refractivity contribution >= 4 is 18.4 Å². The zero-order chi connectivity index (χ0) is 20.7. The molecule has 0 N–H and O–H groups in total. The molecular weight excluding hydrogens is 369 g/mol. The normalized spacial score (nSPS) is 17.7. The van der Waals surface area contributed by atoms with Gasteiger partial charge in [0, 0.05) is 0 Å². The lowest BCUT2D eigenvalue weighted by Crippen LogP contribution is -2.63. The Balaban J connectivity index is 6.89. The first-order valence-corrected chi connectivity index (χ1v) is 12.1. The molecule has 0 rings (SSSR count). The van der Waals surface area contributed by atoms with Crippen LogP contribution in [-0.4, -0.2) is 22.2 Å². The minimum atomic E-state index is -5.68. The number of alkyl halides is 3. The second kappa shape index (κ2) is 7.15. The largest absolute Gasteiger partial charge is 0.522 e. The van der Waals surface area contributed by atoms with Gasteiger partial charge in [-0.05, 0) is 27.5 Å². The smallest absolute Gasteiger partial charge is 0.306 e. The Kier molecular flexibility index (Phi) is 7.13. The molecule has 0 aromatic heterocycles. The van der Waals surface area contributed by atoms with E-state index in [4.69, 9.17) is 3.87 Å². The molecule has 1 atom stereocenters. The molecule has 0 heterocycles. The molecule has 0 radical (unpaired) electrons. The second-order valence-corrected chi connectivity index (χ2v) is 16.6. The Morgan fingerprint density at radius 2 is 1.36 bits per heavy atom. The van der Waals surface area contributed by atoms with Gasteiger partial charge < -0.3 is 3.87 Å². The van der Waals surface area contributed by atoms with E-state index in [1.54, 1.807) is 13.8 Å². The molecular formula is C17H35F3O3SSi. The van der Waals surface area contributed by atoms with E-state index in [1.807, 2.05) is 55.4 Å². The van der Waals surface area contributed by atoms with E-state index in [0.717, 1.165) is 6.42 Å². The van der Waals surface area contributed by atoms with Crippen LogP contribution < -0.4 is 0 Å². The number of rotatable bonds is 7. The van der Waals surface area contributed by atoms with Crippen LogP contribution in [0.5, 0.6) is 0 Å². The van der Waals surface area contributed by atoms with Crippen molar-refractivity contribution in [1.29, 1.82) is 0 Å². The molecule has 0 spiro atoms. The lowest BCUT2D eigenvalue weighted by atomic mass is 9.82. The van der Waals surface area contributed by atoms with Crippen molar-refractivity contribution in [2.45, 2.75) is 103 Å². The van der Waals surface area contributed by atoms with Gasteiger partial charge in [-0.15, -0.1) is 0 Å². The molecule has 0 aliphatic carbocycles. The Labute approximate surface area is 153 Å². The standard InChI is InChI=1S/C17H35F3O3SSi/c1-11-12-15(7,8)25(13(2)3,16(9,10)14(4,5)6)23-24(21,22)17(18,19)20/h13H,11-12H2,1-10H3. The fourth-order valence-corrected chi connectivity index (χ4v) is 15.0. The fraction of sp³-hybridized carbons (Fsp3) is 1.00. The Bertz CT molecular complexity index is 561. The Morgan fingerprint density at radius 1 is 0.960 bits per heavy atom. The van der Waals surface area contributed by atoms with Crippen LogP contribution in [0.1, 0.15) is 82.1 Å². The Morgan fingerprint density at radius 3 is 1.60 bits per heavy atom. The van der Waals surface area contributed by atoms with Crippen molar-refractivity contribution in [2.24, 2.45) is 5.41 Å². The van der Waals surface area contributed by atoms with Crippen LogP contribution in [-0.2, 0) is 14.0 Å². The van der Waals surface area contributed by atoms with Gasteiger partial charge in [-0.2, -0.15) is 21.6 Å².